The molecule has 3 aromatic heterocycles. The molecule has 3 saturated heterocycles. The summed E-state index contributed by atoms with van der Waals surface area (Å²) < 4.78 is 91.4. The lowest BCUT2D eigenvalue weighted by molar-refractivity contribution is -0.00958. The van der Waals surface area contributed by atoms with Gasteiger partial charge in [-0.3, -0.25) is 23.7 Å². The van der Waals surface area contributed by atoms with Crippen molar-refractivity contribution >= 4 is 39.2 Å². The van der Waals surface area contributed by atoms with E-state index in [0.29, 0.717) is 136 Å². The predicted molar refractivity (Wildman–Crippen MR) is 385 cm³/mol. The number of aryl methyl sites for hydroxylation is 2. The maximum atomic E-state index is 13.9. The molecular weight excluding hydrogens is 1360 g/mol. The topological polar surface area (TPSA) is 250 Å². The molecule has 9 heterocycles. The molecule has 9 aromatic rings. The van der Waals surface area contributed by atoms with Crippen molar-refractivity contribution in [2.45, 2.75) is 85.4 Å². The Balaban J connectivity index is 0.000000156. The van der Waals surface area contributed by atoms with Gasteiger partial charge in [-0.1, -0.05) is 35.9 Å². The second-order valence-corrected chi connectivity index (χ2v) is 29.4. The Morgan fingerprint density at radius 1 is 0.592 bits per heavy atom. The highest BCUT2D eigenvalue weighted by Gasteiger charge is 2.49. The third-order valence-corrected chi connectivity index (χ3v) is 22.6. The minimum Gasteiger partial charge on any atom is -0.495 e. The van der Waals surface area contributed by atoms with Gasteiger partial charge in [0.25, 0.3) is 17.7 Å². The number of fused-ring (bicyclic) bond motifs is 12. The molecule has 103 heavy (non-hydrogen) atoms. The Bertz CT molecular complexity index is 4780. The summed E-state index contributed by atoms with van der Waals surface area (Å²) in [5.74, 6) is 2.96. The summed E-state index contributed by atoms with van der Waals surface area (Å²) in [5, 5.41) is 27.3. The van der Waals surface area contributed by atoms with Crippen LogP contribution in [0, 0.1) is 5.82 Å². The van der Waals surface area contributed by atoms with Crippen LogP contribution in [0.2, 0.25) is 5.02 Å². The number of hydrogen-bond acceptors (Lipinski definition) is 17. The number of methoxy groups -OCH3 is 3. The largest absolute Gasteiger partial charge is 0.495 e. The van der Waals surface area contributed by atoms with E-state index in [9.17, 15) is 32.3 Å². The summed E-state index contributed by atoms with van der Waals surface area (Å²) in [6.07, 6.45) is 8.50. The fourth-order valence-electron chi connectivity index (χ4n) is 14.5. The van der Waals surface area contributed by atoms with Gasteiger partial charge in [0.15, 0.2) is 26.9 Å². The second kappa shape index (κ2) is 29.4. The number of nitrogens with zero attached hydrogens (tertiary/aromatic N) is 8. The number of benzene rings is 6. The first-order chi connectivity index (χ1) is 49.6. The molecule has 0 radical (unpaired) electrons. The normalized spacial score (nSPS) is 16.5. The molecule has 0 saturated carbocycles. The van der Waals surface area contributed by atoms with Crippen LogP contribution in [0.4, 0.5) is 4.39 Å². The van der Waals surface area contributed by atoms with E-state index < -0.39 is 44.6 Å². The van der Waals surface area contributed by atoms with E-state index in [0.717, 1.165) is 56.5 Å². The minimum atomic E-state index is -3.53. The van der Waals surface area contributed by atoms with Crippen LogP contribution in [0.15, 0.2) is 157 Å². The molecule has 3 fully saturated rings. The molecule has 23 nitrogen and oxygen atoms in total. The van der Waals surface area contributed by atoms with E-state index in [4.69, 9.17) is 54.6 Å². The number of halogens is 2. The van der Waals surface area contributed by atoms with Crippen LogP contribution in [0.5, 0.6) is 40.2 Å². The molecule has 26 heteroatoms. The highest BCUT2D eigenvalue weighted by atomic mass is 35.5. The first-order valence-electron chi connectivity index (χ1n) is 34.2. The van der Waals surface area contributed by atoms with Crippen molar-refractivity contribution in [1.29, 1.82) is 0 Å². The molecule has 0 bridgehead atoms. The van der Waals surface area contributed by atoms with E-state index >= 15 is 0 Å². The number of likely N-dealkylation sites (tertiary alicyclic amines) is 3. The molecule has 544 valence electrons. The van der Waals surface area contributed by atoms with E-state index in [-0.39, 0.29) is 43.6 Å². The van der Waals surface area contributed by atoms with Gasteiger partial charge in [-0.2, -0.15) is 10.2 Å². The van der Waals surface area contributed by atoms with Gasteiger partial charge < -0.3 is 67.4 Å². The summed E-state index contributed by atoms with van der Waals surface area (Å²) in [6, 6.07) is 39.1. The monoisotopic (exact) mass is 1450 g/mol. The minimum absolute atomic E-state index is 0. The van der Waals surface area contributed by atoms with Gasteiger partial charge in [0.2, 0.25) is 0 Å². The lowest BCUT2D eigenvalue weighted by Crippen LogP contribution is -2.50. The number of ether oxygens (including phenoxy) is 8. The predicted octanol–water partition coefficient (Wildman–Crippen LogP) is 11.5. The van der Waals surface area contributed by atoms with E-state index in [1.54, 1.807) is 79.3 Å². The Morgan fingerprint density at radius 2 is 1.09 bits per heavy atom. The maximum Gasteiger partial charge on any atom is 0.253 e. The van der Waals surface area contributed by atoms with E-state index in [1.807, 2.05) is 106 Å². The van der Waals surface area contributed by atoms with Gasteiger partial charge in [0.05, 0.1) is 72.9 Å². The lowest BCUT2D eigenvalue weighted by atomic mass is 9.81. The average molecular weight is 1450 g/mol. The number of carbonyl (C=O) groups is 3. The third-order valence-electron chi connectivity index (χ3n) is 20.1. The number of aliphatic hydroxyl groups excluding tert-OH is 2. The van der Waals surface area contributed by atoms with Crippen LogP contribution in [0.25, 0.3) is 28.2 Å². The van der Waals surface area contributed by atoms with Crippen molar-refractivity contribution in [3.63, 3.8) is 0 Å². The summed E-state index contributed by atoms with van der Waals surface area (Å²) in [5.41, 5.74) is 7.91. The molecule has 0 aliphatic carbocycles. The maximum absolute atomic E-state index is 13.9. The molecule has 6 aromatic carbocycles. The van der Waals surface area contributed by atoms with Crippen molar-refractivity contribution in [1.82, 2.24) is 38.8 Å². The van der Waals surface area contributed by atoms with Crippen molar-refractivity contribution in [2.75, 3.05) is 87.0 Å². The van der Waals surface area contributed by atoms with E-state index in [2.05, 4.69) is 16.3 Å². The summed E-state index contributed by atoms with van der Waals surface area (Å²) in [6.45, 7) is 6.72. The fourth-order valence-corrected chi connectivity index (χ4v) is 15.9. The zero-order valence-corrected chi connectivity index (χ0v) is 59.9. The molecule has 0 unspecified atom stereocenters. The van der Waals surface area contributed by atoms with Crippen LogP contribution < -0.4 is 33.2 Å². The summed E-state index contributed by atoms with van der Waals surface area (Å²) >= 11 is 6.35. The molecular formula is C77H86ClFN8O15S. The molecule has 2 N–H and O–H groups in total. The van der Waals surface area contributed by atoms with Gasteiger partial charge in [0.1, 0.15) is 70.0 Å². The molecule has 1 atom stereocenters. The van der Waals surface area contributed by atoms with Gasteiger partial charge in [-0.05, 0) is 117 Å². The van der Waals surface area contributed by atoms with Crippen molar-refractivity contribution in [3.8, 4) is 68.4 Å². The number of aliphatic hydroxyl groups is 2. The second-order valence-electron chi connectivity index (χ2n) is 26.6. The first kappa shape index (κ1) is 71.5. The Morgan fingerprint density at radius 3 is 1.60 bits per heavy atom. The lowest BCUT2D eigenvalue weighted by Gasteiger charge is -2.45. The molecule has 3 amide bonds. The van der Waals surface area contributed by atoms with Crippen LogP contribution in [0.3, 0.4) is 0 Å². The number of hydrogen-bond donors (Lipinski definition) is 2. The number of sulfone groups is 1. The third kappa shape index (κ3) is 13.8. The SMILES string of the molecule is COCCOc1ccc(C(=O)N2CCC3(CC2)Oc2ccccc2-c2c3cnn2C)cc1Cl.COc1cc(C(=O)N2CCC3(CC2)Oc2cc(F)ccc2-n2cccc23)ccc1OC[C@@H](O)CO.COc1cc(C(=O)N2CCC3(CC2)Oc2ccccc2-c2c3cnn2C)ccc1S(=O)(=O)C(C)C.[HH].[HH]. The molecule has 15 rings (SSSR count). The van der Waals surface area contributed by atoms with Crippen molar-refractivity contribution in [3.05, 3.63) is 196 Å². The smallest absolute Gasteiger partial charge is 0.253 e. The molecule has 3 spiro atoms. The first-order valence-corrected chi connectivity index (χ1v) is 36.2. The zero-order chi connectivity index (χ0) is 72.5. The molecule has 6 aliphatic heterocycles. The van der Waals surface area contributed by atoms with Gasteiger partial charge in [0, 0.05) is 153 Å². The zero-order valence-electron chi connectivity index (χ0n) is 58.3. The Hall–Kier alpha value is -9.92. The van der Waals surface area contributed by atoms with E-state index in [1.165, 1.54) is 38.5 Å². The number of aromatic nitrogens is 5. The summed E-state index contributed by atoms with van der Waals surface area (Å²) in [4.78, 5) is 45.3. The fraction of sp³-hybridized carbons (Fsp3) is 0.364. The number of piperidine rings is 3. The average Bonchev–Trinajstić information content (AvgIpc) is 1.69. The highest BCUT2D eigenvalue weighted by Crippen LogP contribution is 2.52. The van der Waals surface area contributed by atoms with Gasteiger partial charge in [-0.15, -0.1) is 0 Å². The van der Waals surface area contributed by atoms with Crippen LogP contribution in [0.1, 0.15) is 103 Å². The quantitative estimate of drug-likeness (QED) is 0.0905. The number of carbonyl (C=O) groups excluding carboxylic acids is 3. The highest BCUT2D eigenvalue weighted by molar-refractivity contribution is 7.92. The van der Waals surface area contributed by atoms with Gasteiger partial charge >= 0.3 is 0 Å². The Kier molecular flexibility index (Phi) is 20.4. The van der Waals surface area contributed by atoms with Gasteiger partial charge in [-0.25, -0.2) is 12.8 Å². The van der Waals surface area contributed by atoms with Crippen LogP contribution >= 0.6 is 11.6 Å². The number of para-hydroxylation sites is 2. The summed E-state index contributed by atoms with van der Waals surface area (Å²) in [7, 11) is 4.86. The number of amides is 3. The van der Waals surface area contributed by atoms with Crippen LogP contribution in [-0.2, 0) is 45.5 Å². The Labute approximate surface area is 604 Å². The molecule has 6 aliphatic rings. The van der Waals surface area contributed by atoms with Crippen LogP contribution in [-0.4, -0.2) is 174 Å². The van der Waals surface area contributed by atoms with Crippen molar-refractivity contribution < 1.29 is 78.2 Å². The standard InChI is InChI=1S/C26H27FN2O6.C26H29N3O5S.C25H26ClN3O4.2H2/c1-33-23-13-17(4-7-21(23)34-16-19(31)15-30)25(32)28-11-8-26(9-12-28)24-3-2-10-29(24)20-6-5-18(27)14-22(20)35-26;1-17(2)35(31,32)23-10-9-18(15-22(23)33-4)25(30)29-13-11-26(12-14-29)20-16-27-28(3)24(20)19-7-5-6-8-21(19)34-26;1-28-23-18-5-3-4-6-21(18)33-25(19(23)16-27-28)9-11-29(12-10-25)24(30)17-7-8-22(20(26)15-17)32-14-13-31-2;;/h2-7,10,13-14,19,30-31H,8-9,11-12,15-16H2,1H3;5-10,15-17H,11-14H2,1-4H3;3-8,15-16H,9-14H2,1-2H3;2*1H/t19-;;;;/m0..../s1. The van der Waals surface area contributed by atoms with Crippen molar-refractivity contribution in [2.24, 2.45) is 14.1 Å². The number of rotatable bonds is 15.